The monoisotopic (exact) mass is 373 g/mol. The highest BCUT2D eigenvalue weighted by molar-refractivity contribution is 7.10. The van der Waals surface area contributed by atoms with E-state index >= 15 is 0 Å². The maximum absolute atomic E-state index is 12.4. The zero-order valence-electron chi connectivity index (χ0n) is 13.8. The van der Waals surface area contributed by atoms with Crippen molar-refractivity contribution in [1.29, 1.82) is 0 Å². The lowest BCUT2D eigenvalue weighted by Crippen LogP contribution is -2.23. The Hall–Kier alpha value is -3.14. The van der Waals surface area contributed by atoms with Crippen LogP contribution in [-0.2, 0) is 16.1 Å². The molecule has 0 aliphatic rings. The minimum Gasteiger partial charge on any atom is -0.461 e. The molecule has 10 heteroatoms. The third kappa shape index (κ3) is 3.75. The number of esters is 1. The van der Waals surface area contributed by atoms with E-state index in [0.717, 1.165) is 11.5 Å². The van der Waals surface area contributed by atoms with Gasteiger partial charge >= 0.3 is 5.97 Å². The first-order valence-corrected chi connectivity index (χ1v) is 8.61. The number of nitrogens with one attached hydrogen (secondary N) is 1. The summed E-state index contributed by atoms with van der Waals surface area (Å²) in [5, 5.41) is 6.96. The number of rotatable bonds is 6. The summed E-state index contributed by atoms with van der Waals surface area (Å²) in [4.78, 5) is 40.5. The number of aryl methyl sites for hydroxylation is 1. The van der Waals surface area contributed by atoms with Gasteiger partial charge in [-0.15, -0.1) is 5.10 Å². The number of para-hydroxylation sites is 1. The second-order valence-corrected chi connectivity index (χ2v) is 5.98. The molecule has 2 heterocycles. The van der Waals surface area contributed by atoms with E-state index in [1.165, 1.54) is 10.9 Å². The van der Waals surface area contributed by atoms with Crippen molar-refractivity contribution in [2.75, 3.05) is 11.9 Å². The quantitative estimate of drug-likeness (QED) is 0.650. The van der Waals surface area contributed by atoms with Crippen molar-refractivity contribution in [2.24, 2.45) is 0 Å². The van der Waals surface area contributed by atoms with Gasteiger partial charge in [0.1, 0.15) is 0 Å². The maximum Gasteiger partial charge on any atom is 0.362 e. The molecule has 3 aromatic rings. The number of benzene rings is 1. The normalized spacial score (nSPS) is 10.7. The highest BCUT2D eigenvalue weighted by Crippen LogP contribution is 2.18. The number of aromatic nitrogens is 4. The van der Waals surface area contributed by atoms with Crippen LogP contribution in [0, 0.1) is 0 Å². The van der Waals surface area contributed by atoms with Gasteiger partial charge in [0.2, 0.25) is 11.6 Å². The number of anilines is 1. The molecule has 134 valence electrons. The molecule has 0 spiro atoms. The van der Waals surface area contributed by atoms with Crippen LogP contribution < -0.4 is 10.9 Å². The first-order valence-electron chi connectivity index (χ1n) is 7.83. The van der Waals surface area contributed by atoms with Gasteiger partial charge < -0.3 is 10.1 Å². The van der Waals surface area contributed by atoms with Crippen LogP contribution in [0.25, 0.3) is 10.9 Å². The zero-order chi connectivity index (χ0) is 18.5. The third-order valence-electron chi connectivity index (χ3n) is 3.52. The highest BCUT2D eigenvalue weighted by Gasteiger charge is 2.19. The molecule has 0 radical (unpaired) electrons. The lowest BCUT2D eigenvalue weighted by molar-refractivity contribution is -0.116. The van der Waals surface area contributed by atoms with E-state index in [0.29, 0.717) is 10.9 Å². The van der Waals surface area contributed by atoms with Crippen molar-refractivity contribution in [3.63, 3.8) is 0 Å². The summed E-state index contributed by atoms with van der Waals surface area (Å²) >= 11 is 0.884. The number of carbonyl (C=O) groups is 2. The van der Waals surface area contributed by atoms with Gasteiger partial charge in [0.05, 0.1) is 23.8 Å². The summed E-state index contributed by atoms with van der Waals surface area (Å²) in [6, 6.07) is 7.00. The summed E-state index contributed by atoms with van der Waals surface area (Å²) in [7, 11) is 0. The van der Waals surface area contributed by atoms with Gasteiger partial charge in [0, 0.05) is 24.5 Å². The first-order chi connectivity index (χ1) is 12.6. The number of fused-ring (bicyclic) bond motifs is 1. The standard InChI is InChI=1S/C16H15N5O4S/c1-2-25-16(24)13-14(26-20-19-13)18-12(22)7-8-21-9-17-11-6-4-3-5-10(11)15(21)23/h3-6,9H,2,7-8H2,1H3,(H,18,22). The molecule has 0 unspecified atom stereocenters. The number of carbonyl (C=O) groups excluding carboxylic acids is 2. The molecule has 0 fully saturated rings. The van der Waals surface area contributed by atoms with Crippen LogP contribution in [0.4, 0.5) is 5.00 Å². The smallest absolute Gasteiger partial charge is 0.362 e. The van der Waals surface area contributed by atoms with Crippen LogP contribution in [0.1, 0.15) is 23.8 Å². The molecule has 0 bridgehead atoms. The number of hydrogen-bond donors (Lipinski definition) is 1. The van der Waals surface area contributed by atoms with Crippen molar-refractivity contribution >= 4 is 39.3 Å². The van der Waals surface area contributed by atoms with Crippen LogP contribution in [0.2, 0.25) is 0 Å². The van der Waals surface area contributed by atoms with Crippen molar-refractivity contribution in [2.45, 2.75) is 19.9 Å². The number of amides is 1. The molecule has 0 saturated carbocycles. The Bertz CT molecular complexity index is 1010. The fourth-order valence-corrected chi connectivity index (χ4v) is 2.86. The SMILES string of the molecule is CCOC(=O)c1nnsc1NC(=O)CCn1cnc2ccccc2c1=O. The maximum atomic E-state index is 12.4. The molecule has 0 atom stereocenters. The Balaban J connectivity index is 1.67. The van der Waals surface area contributed by atoms with Crippen molar-refractivity contribution in [3.05, 3.63) is 46.6 Å². The minimum absolute atomic E-state index is 0.0279. The summed E-state index contributed by atoms with van der Waals surface area (Å²) in [5.41, 5.74) is 0.359. The third-order valence-corrected chi connectivity index (χ3v) is 4.16. The molecule has 1 N–H and O–H groups in total. The minimum atomic E-state index is -0.647. The second-order valence-electron chi connectivity index (χ2n) is 5.23. The molecule has 0 saturated heterocycles. The molecule has 26 heavy (non-hydrogen) atoms. The van der Waals surface area contributed by atoms with Crippen molar-refractivity contribution < 1.29 is 14.3 Å². The Labute approximate surface area is 151 Å². The Morgan fingerprint density at radius 1 is 1.31 bits per heavy atom. The van der Waals surface area contributed by atoms with E-state index in [9.17, 15) is 14.4 Å². The van der Waals surface area contributed by atoms with Crippen LogP contribution >= 0.6 is 11.5 Å². The van der Waals surface area contributed by atoms with Crippen LogP contribution in [0.5, 0.6) is 0 Å². The summed E-state index contributed by atoms with van der Waals surface area (Å²) in [5.74, 6) is -1.02. The molecule has 1 aromatic carbocycles. The zero-order valence-corrected chi connectivity index (χ0v) is 14.7. The van der Waals surface area contributed by atoms with Crippen LogP contribution in [-0.4, -0.2) is 37.6 Å². The molecule has 1 amide bonds. The topological polar surface area (TPSA) is 116 Å². The van der Waals surface area contributed by atoms with E-state index in [1.807, 2.05) is 0 Å². The number of hydrogen-bond acceptors (Lipinski definition) is 8. The van der Waals surface area contributed by atoms with Crippen molar-refractivity contribution in [3.8, 4) is 0 Å². The van der Waals surface area contributed by atoms with Gasteiger partial charge in [-0.05, 0) is 19.1 Å². The molecule has 3 rings (SSSR count). The van der Waals surface area contributed by atoms with E-state index in [1.54, 1.807) is 31.2 Å². The molecular formula is C16H15N5O4S. The predicted molar refractivity (Wildman–Crippen MR) is 95.1 cm³/mol. The van der Waals surface area contributed by atoms with Crippen molar-refractivity contribution in [1.82, 2.24) is 19.1 Å². The average molecular weight is 373 g/mol. The lowest BCUT2D eigenvalue weighted by atomic mass is 10.2. The molecule has 0 aliphatic heterocycles. The first kappa shape index (κ1) is 17.7. The van der Waals surface area contributed by atoms with Gasteiger partial charge in [0.25, 0.3) is 5.56 Å². The highest BCUT2D eigenvalue weighted by atomic mass is 32.1. The molecule has 2 aromatic heterocycles. The van der Waals surface area contributed by atoms with Gasteiger partial charge in [-0.25, -0.2) is 9.78 Å². The average Bonchev–Trinajstić information content (AvgIpc) is 3.10. The van der Waals surface area contributed by atoms with Gasteiger partial charge in [-0.1, -0.05) is 16.6 Å². The fourth-order valence-electron chi connectivity index (χ4n) is 2.28. The van der Waals surface area contributed by atoms with E-state index in [4.69, 9.17) is 4.74 Å². The Morgan fingerprint density at radius 2 is 2.12 bits per heavy atom. The largest absolute Gasteiger partial charge is 0.461 e. The summed E-state index contributed by atoms with van der Waals surface area (Å²) < 4.78 is 9.88. The van der Waals surface area contributed by atoms with E-state index in [2.05, 4.69) is 19.9 Å². The fraction of sp³-hybridized carbons (Fsp3) is 0.250. The van der Waals surface area contributed by atoms with Gasteiger partial charge in [-0.3, -0.25) is 14.2 Å². The van der Waals surface area contributed by atoms with Crippen LogP contribution in [0.3, 0.4) is 0 Å². The Morgan fingerprint density at radius 3 is 2.92 bits per heavy atom. The number of nitrogens with zero attached hydrogens (tertiary/aromatic N) is 4. The molecule has 0 aliphatic carbocycles. The molecule has 9 nitrogen and oxygen atoms in total. The van der Waals surface area contributed by atoms with Gasteiger partial charge in [0.15, 0.2) is 5.00 Å². The molecular weight excluding hydrogens is 358 g/mol. The van der Waals surface area contributed by atoms with Gasteiger partial charge in [-0.2, -0.15) is 0 Å². The lowest BCUT2D eigenvalue weighted by Gasteiger charge is -2.07. The van der Waals surface area contributed by atoms with Crippen LogP contribution in [0.15, 0.2) is 35.4 Å². The number of ether oxygens (including phenoxy) is 1. The Kier molecular flexibility index (Phi) is 5.32. The van der Waals surface area contributed by atoms with E-state index in [-0.39, 0.29) is 41.7 Å². The second kappa shape index (κ2) is 7.83. The predicted octanol–water partition coefficient (Wildman–Crippen LogP) is 1.45. The summed E-state index contributed by atoms with van der Waals surface area (Å²) in [6.45, 7) is 2.02. The summed E-state index contributed by atoms with van der Waals surface area (Å²) in [6.07, 6.45) is 1.44. The van der Waals surface area contributed by atoms with E-state index < -0.39 is 5.97 Å².